The molecule has 0 saturated carbocycles. The van der Waals surface area contributed by atoms with Crippen LogP contribution in [0.25, 0.3) is 0 Å². The number of non-ortho nitro benzene ring substituents is 1. The van der Waals surface area contributed by atoms with Gasteiger partial charge in [0.05, 0.1) is 4.92 Å². The first kappa shape index (κ1) is 16.4. The molecule has 20 heavy (non-hydrogen) atoms. The molecule has 1 fully saturated rings. The topological polar surface area (TPSA) is 89.5 Å². The van der Waals surface area contributed by atoms with Gasteiger partial charge in [-0.15, -0.1) is 12.4 Å². The number of nitro benzene ring substituents is 1. The smallest absolute Gasteiger partial charge is 0.269 e. The Morgan fingerprint density at radius 3 is 2.50 bits per heavy atom. The van der Waals surface area contributed by atoms with E-state index in [1.54, 1.807) is 11.8 Å². The highest BCUT2D eigenvalue weighted by Gasteiger charge is 2.23. The number of nitrogens with two attached hydrogens (primary N) is 1. The van der Waals surface area contributed by atoms with E-state index in [9.17, 15) is 14.9 Å². The second-order valence-corrected chi connectivity index (χ2v) is 4.89. The number of aryl methyl sites for hydroxylation is 1. The molecule has 1 heterocycles. The molecule has 1 aliphatic heterocycles. The Bertz CT molecular complexity index is 514. The minimum atomic E-state index is -0.457. The average Bonchev–Trinajstić information content (AvgIpc) is 2.38. The van der Waals surface area contributed by atoms with Crippen molar-refractivity contribution in [2.45, 2.75) is 25.8 Å². The van der Waals surface area contributed by atoms with Crippen LogP contribution in [0.5, 0.6) is 0 Å². The van der Waals surface area contributed by atoms with Crippen LogP contribution in [0, 0.1) is 17.0 Å². The number of piperidine rings is 1. The van der Waals surface area contributed by atoms with Crippen LogP contribution in [0.1, 0.15) is 28.8 Å². The van der Waals surface area contributed by atoms with Crippen molar-refractivity contribution in [1.29, 1.82) is 0 Å². The fraction of sp³-hybridized carbons (Fsp3) is 0.462. The van der Waals surface area contributed by atoms with Crippen molar-refractivity contribution >= 4 is 24.0 Å². The van der Waals surface area contributed by atoms with Crippen LogP contribution < -0.4 is 5.73 Å². The number of nitrogens with zero attached hydrogens (tertiary/aromatic N) is 2. The summed E-state index contributed by atoms with van der Waals surface area (Å²) in [6.07, 6.45) is 1.61. The molecule has 0 bridgehead atoms. The monoisotopic (exact) mass is 299 g/mol. The van der Waals surface area contributed by atoms with Gasteiger partial charge in [-0.3, -0.25) is 14.9 Å². The van der Waals surface area contributed by atoms with Crippen LogP contribution in [-0.4, -0.2) is 34.9 Å². The molecule has 2 N–H and O–H groups in total. The number of halogens is 1. The summed E-state index contributed by atoms with van der Waals surface area (Å²) >= 11 is 0. The predicted octanol–water partition coefficient (Wildman–Crippen LogP) is 1.89. The summed E-state index contributed by atoms with van der Waals surface area (Å²) in [6, 6.07) is 4.50. The second kappa shape index (κ2) is 6.67. The highest BCUT2D eigenvalue weighted by Crippen LogP contribution is 2.20. The lowest BCUT2D eigenvalue weighted by Crippen LogP contribution is -2.43. The Morgan fingerprint density at radius 2 is 2.00 bits per heavy atom. The zero-order valence-electron chi connectivity index (χ0n) is 11.2. The van der Waals surface area contributed by atoms with Gasteiger partial charge in [0.25, 0.3) is 11.6 Å². The lowest BCUT2D eigenvalue weighted by Gasteiger charge is -2.30. The van der Waals surface area contributed by atoms with Crippen LogP contribution in [-0.2, 0) is 0 Å². The van der Waals surface area contributed by atoms with Gasteiger partial charge in [0, 0.05) is 36.8 Å². The van der Waals surface area contributed by atoms with Crippen molar-refractivity contribution < 1.29 is 9.72 Å². The molecule has 2 rings (SSSR count). The van der Waals surface area contributed by atoms with Gasteiger partial charge >= 0.3 is 0 Å². The molecule has 0 spiro atoms. The lowest BCUT2D eigenvalue weighted by atomic mass is 10.0. The van der Waals surface area contributed by atoms with Crippen LogP contribution >= 0.6 is 12.4 Å². The summed E-state index contributed by atoms with van der Waals surface area (Å²) in [4.78, 5) is 24.3. The van der Waals surface area contributed by atoms with Crippen molar-refractivity contribution in [2.75, 3.05) is 13.1 Å². The maximum absolute atomic E-state index is 12.3. The van der Waals surface area contributed by atoms with Gasteiger partial charge in [-0.2, -0.15) is 0 Å². The number of amides is 1. The van der Waals surface area contributed by atoms with Crippen LogP contribution in [0.3, 0.4) is 0 Å². The van der Waals surface area contributed by atoms with E-state index in [1.165, 1.54) is 18.2 Å². The molecule has 1 aromatic carbocycles. The number of likely N-dealkylation sites (tertiary alicyclic amines) is 1. The molecule has 0 aromatic heterocycles. The van der Waals surface area contributed by atoms with E-state index in [2.05, 4.69) is 0 Å². The Kier molecular flexibility index (Phi) is 5.47. The molecule has 1 amide bonds. The Labute approximate surface area is 123 Å². The lowest BCUT2D eigenvalue weighted by molar-refractivity contribution is -0.384. The van der Waals surface area contributed by atoms with E-state index in [0.717, 1.165) is 12.8 Å². The first-order valence-electron chi connectivity index (χ1n) is 6.29. The minimum Gasteiger partial charge on any atom is -0.339 e. The van der Waals surface area contributed by atoms with Gasteiger partial charge in [0.15, 0.2) is 0 Å². The van der Waals surface area contributed by atoms with E-state index in [1.807, 2.05) is 0 Å². The number of nitro groups is 1. The van der Waals surface area contributed by atoms with Gasteiger partial charge in [-0.25, -0.2) is 0 Å². The molecule has 0 radical (unpaired) electrons. The maximum atomic E-state index is 12.3. The molecule has 6 nitrogen and oxygen atoms in total. The Balaban J connectivity index is 0.00000200. The normalized spacial score (nSPS) is 15.6. The SMILES string of the molecule is Cc1cc([N+](=O)[O-])ccc1C(=O)N1CCC(N)CC1.Cl. The largest absolute Gasteiger partial charge is 0.339 e. The summed E-state index contributed by atoms with van der Waals surface area (Å²) < 4.78 is 0. The summed E-state index contributed by atoms with van der Waals surface area (Å²) in [5, 5.41) is 10.7. The molecule has 1 aliphatic rings. The number of benzene rings is 1. The van der Waals surface area contributed by atoms with Crippen molar-refractivity contribution in [1.82, 2.24) is 4.90 Å². The molecule has 0 unspecified atom stereocenters. The van der Waals surface area contributed by atoms with Gasteiger partial charge < -0.3 is 10.6 Å². The third-order valence-corrected chi connectivity index (χ3v) is 3.48. The second-order valence-electron chi connectivity index (χ2n) is 4.89. The van der Waals surface area contributed by atoms with Crippen molar-refractivity contribution in [3.63, 3.8) is 0 Å². The zero-order chi connectivity index (χ0) is 14.0. The first-order valence-corrected chi connectivity index (χ1v) is 6.29. The highest BCUT2D eigenvalue weighted by atomic mass is 35.5. The van der Waals surface area contributed by atoms with E-state index in [-0.39, 0.29) is 30.0 Å². The Morgan fingerprint density at radius 1 is 1.40 bits per heavy atom. The molecule has 0 atom stereocenters. The number of hydrogen-bond donors (Lipinski definition) is 1. The van der Waals surface area contributed by atoms with Gasteiger partial charge in [-0.05, 0) is 31.4 Å². The minimum absolute atomic E-state index is 0. The molecule has 7 heteroatoms. The predicted molar refractivity (Wildman–Crippen MR) is 78.2 cm³/mol. The van der Waals surface area contributed by atoms with E-state index in [0.29, 0.717) is 24.2 Å². The van der Waals surface area contributed by atoms with Crippen molar-refractivity contribution in [2.24, 2.45) is 5.73 Å². The number of carbonyl (C=O) groups excluding carboxylic acids is 1. The third-order valence-electron chi connectivity index (χ3n) is 3.48. The molecule has 1 aromatic rings. The average molecular weight is 300 g/mol. The quantitative estimate of drug-likeness (QED) is 0.667. The summed E-state index contributed by atoms with van der Waals surface area (Å²) in [5.41, 5.74) is 6.98. The maximum Gasteiger partial charge on any atom is 0.269 e. The number of carbonyl (C=O) groups is 1. The van der Waals surface area contributed by atoms with E-state index >= 15 is 0 Å². The van der Waals surface area contributed by atoms with Gasteiger partial charge in [0.2, 0.25) is 0 Å². The van der Waals surface area contributed by atoms with Crippen LogP contribution in [0.4, 0.5) is 5.69 Å². The fourth-order valence-corrected chi connectivity index (χ4v) is 2.27. The van der Waals surface area contributed by atoms with Gasteiger partial charge in [-0.1, -0.05) is 0 Å². The van der Waals surface area contributed by atoms with Crippen molar-refractivity contribution in [3.8, 4) is 0 Å². The van der Waals surface area contributed by atoms with Crippen molar-refractivity contribution in [3.05, 3.63) is 39.4 Å². The fourth-order valence-electron chi connectivity index (χ4n) is 2.27. The molecule has 110 valence electrons. The summed E-state index contributed by atoms with van der Waals surface area (Å²) in [5.74, 6) is -0.0701. The molecular formula is C13H18ClN3O3. The first-order chi connectivity index (χ1) is 8.99. The van der Waals surface area contributed by atoms with E-state index < -0.39 is 4.92 Å². The zero-order valence-corrected chi connectivity index (χ0v) is 12.1. The van der Waals surface area contributed by atoms with E-state index in [4.69, 9.17) is 5.73 Å². The summed E-state index contributed by atoms with van der Waals surface area (Å²) in [6.45, 7) is 3.02. The van der Waals surface area contributed by atoms with Gasteiger partial charge in [0.1, 0.15) is 0 Å². The van der Waals surface area contributed by atoms with Crippen LogP contribution in [0.2, 0.25) is 0 Å². The number of rotatable bonds is 2. The molecule has 1 saturated heterocycles. The van der Waals surface area contributed by atoms with Crippen LogP contribution in [0.15, 0.2) is 18.2 Å². The highest BCUT2D eigenvalue weighted by molar-refractivity contribution is 5.96. The third kappa shape index (κ3) is 3.46. The molecule has 0 aliphatic carbocycles. The summed E-state index contributed by atoms with van der Waals surface area (Å²) in [7, 11) is 0. The number of hydrogen-bond acceptors (Lipinski definition) is 4. The Hall–Kier alpha value is -1.66. The molecular weight excluding hydrogens is 282 g/mol. The standard InChI is InChI=1S/C13H17N3O3.ClH/c1-9-8-11(16(18)19)2-3-12(9)13(17)15-6-4-10(14)5-7-15;/h2-3,8,10H,4-7,14H2,1H3;1H.